The number of carbonyl (C=O) groups is 2. The van der Waals surface area contributed by atoms with Crippen LogP contribution in [0.4, 0.5) is 5.82 Å². The standard InChI is InChI=1S/C22H21N3O4/c1-12-17(21(26)28-4)18(22(27)29-5)19-15-10-13-8-6-7-9-14(13)11-16(15)20(24(2)3)23-25(12)19/h6-11H,1-5H3. The summed E-state index contributed by atoms with van der Waals surface area (Å²) >= 11 is 0. The van der Waals surface area contributed by atoms with E-state index >= 15 is 0 Å². The molecule has 0 unspecified atom stereocenters. The molecule has 0 spiro atoms. The van der Waals surface area contributed by atoms with Crippen LogP contribution in [0.2, 0.25) is 0 Å². The van der Waals surface area contributed by atoms with Crippen LogP contribution in [-0.4, -0.2) is 49.9 Å². The maximum Gasteiger partial charge on any atom is 0.341 e. The smallest absolute Gasteiger partial charge is 0.341 e. The van der Waals surface area contributed by atoms with Gasteiger partial charge in [0.05, 0.1) is 31.0 Å². The van der Waals surface area contributed by atoms with Crippen LogP contribution in [0.15, 0.2) is 36.4 Å². The number of rotatable bonds is 3. The first kappa shape index (κ1) is 18.7. The van der Waals surface area contributed by atoms with Crippen molar-refractivity contribution in [1.29, 1.82) is 0 Å². The number of aromatic nitrogens is 2. The van der Waals surface area contributed by atoms with Crippen molar-refractivity contribution < 1.29 is 19.1 Å². The summed E-state index contributed by atoms with van der Waals surface area (Å²) in [4.78, 5) is 27.2. The van der Waals surface area contributed by atoms with Gasteiger partial charge in [-0.25, -0.2) is 14.1 Å². The summed E-state index contributed by atoms with van der Waals surface area (Å²) in [5.74, 6) is -0.484. The van der Waals surface area contributed by atoms with Gasteiger partial charge in [-0.15, -0.1) is 5.10 Å². The molecule has 0 fully saturated rings. The maximum atomic E-state index is 12.7. The number of nitrogens with zero attached hydrogens (tertiary/aromatic N) is 3. The Balaban J connectivity index is 2.30. The van der Waals surface area contributed by atoms with Crippen LogP contribution in [0.3, 0.4) is 0 Å². The van der Waals surface area contributed by atoms with Gasteiger partial charge in [0.15, 0.2) is 5.82 Å². The molecule has 29 heavy (non-hydrogen) atoms. The first-order valence-electron chi connectivity index (χ1n) is 9.10. The molecule has 0 radical (unpaired) electrons. The van der Waals surface area contributed by atoms with E-state index in [1.165, 1.54) is 14.2 Å². The molecule has 0 N–H and O–H groups in total. The molecule has 7 heteroatoms. The third-order valence-corrected chi connectivity index (χ3v) is 5.16. The highest BCUT2D eigenvalue weighted by Gasteiger charge is 2.30. The van der Waals surface area contributed by atoms with Crippen LogP contribution in [0.5, 0.6) is 0 Å². The van der Waals surface area contributed by atoms with Crippen LogP contribution < -0.4 is 4.90 Å². The molecule has 0 atom stereocenters. The third kappa shape index (κ3) is 2.69. The molecule has 0 aliphatic rings. The number of anilines is 1. The molecule has 0 saturated carbocycles. The first-order chi connectivity index (χ1) is 13.9. The summed E-state index contributed by atoms with van der Waals surface area (Å²) in [6, 6.07) is 12.0. The molecule has 2 aromatic carbocycles. The zero-order valence-electron chi connectivity index (χ0n) is 16.9. The van der Waals surface area contributed by atoms with E-state index in [2.05, 4.69) is 0 Å². The molecule has 4 rings (SSSR count). The van der Waals surface area contributed by atoms with Gasteiger partial charge in [-0.2, -0.15) is 0 Å². The predicted octanol–water partition coefficient (Wildman–Crippen LogP) is 3.59. The lowest BCUT2D eigenvalue weighted by molar-refractivity contribution is 0.0557. The number of esters is 2. The Bertz CT molecular complexity index is 1300. The number of fused-ring (bicyclic) bond motifs is 4. The van der Waals surface area contributed by atoms with Crippen molar-refractivity contribution >= 4 is 44.8 Å². The van der Waals surface area contributed by atoms with Crippen molar-refractivity contribution in [2.24, 2.45) is 0 Å². The van der Waals surface area contributed by atoms with E-state index in [1.807, 2.05) is 55.4 Å². The Kier molecular flexibility index (Phi) is 4.38. The molecule has 7 nitrogen and oxygen atoms in total. The molecule has 0 amide bonds. The SMILES string of the molecule is COC(=O)c1c(C(=O)OC)c2c3cc4ccccc4cc3c(N(C)C)nn2c1C. The van der Waals surface area contributed by atoms with Gasteiger partial charge in [0, 0.05) is 24.9 Å². The van der Waals surface area contributed by atoms with Gasteiger partial charge in [0.25, 0.3) is 0 Å². The number of hydrogen-bond donors (Lipinski definition) is 0. The molecule has 0 aliphatic carbocycles. The van der Waals surface area contributed by atoms with Gasteiger partial charge < -0.3 is 14.4 Å². The van der Waals surface area contributed by atoms with Crippen molar-refractivity contribution in [2.45, 2.75) is 6.92 Å². The number of hydrogen-bond acceptors (Lipinski definition) is 6. The van der Waals surface area contributed by atoms with Gasteiger partial charge in [-0.3, -0.25) is 0 Å². The van der Waals surface area contributed by atoms with Crippen molar-refractivity contribution in [3.8, 4) is 0 Å². The number of benzene rings is 2. The normalized spacial score (nSPS) is 11.2. The summed E-state index contributed by atoms with van der Waals surface area (Å²) in [5, 5.41) is 8.51. The second-order valence-electron chi connectivity index (χ2n) is 7.04. The fourth-order valence-electron chi connectivity index (χ4n) is 3.81. The lowest BCUT2D eigenvalue weighted by Gasteiger charge is -2.17. The van der Waals surface area contributed by atoms with Gasteiger partial charge in [-0.05, 0) is 29.8 Å². The summed E-state index contributed by atoms with van der Waals surface area (Å²) < 4.78 is 11.6. The molecule has 0 saturated heterocycles. The zero-order chi connectivity index (χ0) is 20.9. The molecule has 2 heterocycles. The first-order valence-corrected chi connectivity index (χ1v) is 9.10. The molecule has 0 aliphatic heterocycles. The van der Waals surface area contributed by atoms with Crippen LogP contribution in [0, 0.1) is 6.92 Å². The summed E-state index contributed by atoms with van der Waals surface area (Å²) in [7, 11) is 6.39. The number of methoxy groups -OCH3 is 2. The summed E-state index contributed by atoms with van der Waals surface area (Å²) in [5.41, 5.74) is 1.37. The zero-order valence-corrected chi connectivity index (χ0v) is 16.9. The second kappa shape index (κ2) is 6.77. The Morgan fingerprint density at radius 1 is 0.931 bits per heavy atom. The molecule has 2 aromatic heterocycles. The van der Waals surface area contributed by atoms with E-state index in [-0.39, 0.29) is 11.1 Å². The highest BCUT2D eigenvalue weighted by atomic mass is 16.5. The minimum absolute atomic E-state index is 0.162. The van der Waals surface area contributed by atoms with E-state index in [0.717, 1.165) is 27.4 Å². The minimum atomic E-state index is -0.607. The molecule has 148 valence electrons. The van der Waals surface area contributed by atoms with Gasteiger partial charge >= 0.3 is 11.9 Å². The van der Waals surface area contributed by atoms with Gasteiger partial charge in [0.1, 0.15) is 5.56 Å². The predicted molar refractivity (Wildman–Crippen MR) is 112 cm³/mol. The average molecular weight is 391 g/mol. The second-order valence-corrected chi connectivity index (χ2v) is 7.04. The van der Waals surface area contributed by atoms with Crippen LogP contribution in [-0.2, 0) is 9.47 Å². The van der Waals surface area contributed by atoms with Gasteiger partial charge in [-0.1, -0.05) is 24.3 Å². The highest BCUT2D eigenvalue weighted by molar-refractivity contribution is 6.18. The van der Waals surface area contributed by atoms with E-state index in [0.29, 0.717) is 11.2 Å². The topological polar surface area (TPSA) is 73.1 Å². The minimum Gasteiger partial charge on any atom is -0.465 e. The Hall–Kier alpha value is -3.61. The fourth-order valence-corrected chi connectivity index (χ4v) is 3.81. The number of aryl methyl sites for hydroxylation is 1. The molecular formula is C22H21N3O4. The van der Waals surface area contributed by atoms with Crippen molar-refractivity contribution in [1.82, 2.24) is 9.61 Å². The van der Waals surface area contributed by atoms with E-state index < -0.39 is 11.9 Å². The van der Waals surface area contributed by atoms with Crippen molar-refractivity contribution in [2.75, 3.05) is 33.2 Å². The molecule has 0 bridgehead atoms. The number of ether oxygens (including phenoxy) is 2. The number of carbonyl (C=O) groups excluding carboxylic acids is 2. The molecule has 4 aromatic rings. The molecular weight excluding hydrogens is 370 g/mol. The maximum absolute atomic E-state index is 12.7. The van der Waals surface area contributed by atoms with Crippen molar-refractivity contribution in [3.05, 3.63) is 53.2 Å². The average Bonchev–Trinajstić information content (AvgIpc) is 3.03. The lowest BCUT2D eigenvalue weighted by Crippen LogP contribution is -2.14. The third-order valence-electron chi connectivity index (χ3n) is 5.16. The Labute approximate surface area is 167 Å². The largest absolute Gasteiger partial charge is 0.465 e. The summed E-state index contributed by atoms with van der Waals surface area (Å²) in [6.45, 7) is 1.74. The van der Waals surface area contributed by atoms with E-state index in [9.17, 15) is 9.59 Å². The van der Waals surface area contributed by atoms with Crippen LogP contribution in [0.1, 0.15) is 26.4 Å². The highest BCUT2D eigenvalue weighted by Crippen LogP contribution is 2.36. The van der Waals surface area contributed by atoms with Crippen LogP contribution in [0.25, 0.3) is 27.1 Å². The Morgan fingerprint density at radius 2 is 1.48 bits per heavy atom. The van der Waals surface area contributed by atoms with E-state index in [4.69, 9.17) is 14.6 Å². The van der Waals surface area contributed by atoms with Gasteiger partial charge in [0.2, 0.25) is 0 Å². The van der Waals surface area contributed by atoms with E-state index in [1.54, 1.807) is 11.4 Å². The Morgan fingerprint density at radius 3 is 2.03 bits per heavy atom. The van der Waals surface area contributed by atoms with Crippen molar-refractivity contribution in [3.63, 3.8) is 0 Å². The monoisotopic (exact) mass is 391 g/mol. The van der Waals surface area contributed by atoms with Crippen LogP contribution >= 0.6 is 0 Å². The fraction of sp³-hybridized carbons (Fsp3) is 0.227. The quantitative estimate of drug-likeness (QED) is 0.393. The summed E-state index contributed by atoms with van der Waals surface area (Å²) in [6.07, 6.45) is 0. The lowest BCUT2D eigenvalue weighted by atomic mass is 10.0.